The minimum absolute atomic E-state index is 0.0892. The molecule has 3 aromatic rings. The lowest BCUT2D eigenvalue weighted by atomic mass is 10.1. The Bertz CT molecular complexity index is 1040. The monoisotopic (exact) mass is 432 g/mol. The van der Waals surface area contributed by atoms with Crippen LogP contribution >= 0.6 is 22.9 Å². The van der Waals surface area contributed by atoms with Crippen LogP contribution in [0, 0.1) is 5.82 Å². The second kappa shape index (κ2) is 7.09. The van der Waals surface area contributed by atoms with Crippen LogP contribution in [0.5, 0.6) is 0 Å². The Kier molecular flexibility index (Phi) is 4.88. The van der Waals surface area contributed by atoms with Gasteiger partial charge >= 0.3 is 6.18 Å². The predicted molar refractivity (Wildman–Crippen MR) is 98.2 cm³/mol. The molecule has 11 heteroatoms. The number of nitrogens with zero attached hydrogens (tertiary/aromatic N) is 4. The van der Waals surface area contributed by atoms with Crippen LogP contribution in [-0.4, -0.2) is 41.3 Å². The Morgan fingerprint density at radius 2 is 2.04 bits per heavy atom. The van der Waals surface area contributed by atoms with Crippen LogP contribution in [0.4, 0.5) is 22.7 Å². The molecule has 1 saturated heterocycles. The van der Waals surface area contributed by atoms with Gasteiger partial charge in [0.1, 0.15) is 10.5 Å². The number of halogens is 5. The van der Waals surface area contributed by atoms with Gasteiger partial charge in [-0.3, -0.25) is 0 Å². The highest BCUT2D eigenvalue weighted by Crippen LogP contribution is 2.39. The summed E-state index contributed by atoms with van der Waals surface area (Å²) in [6.45, 7) is 1.39. The van der Waals surface area contributed by atoms with Gasteiger partial charge in [0.15, 0.2) is 10.8 Å². The van der Waals surface area contributed by atoms with Gasteiger partial charge in [-0.05, 0) is 36.2 Å². The number of hydrogen-bond acceptors (Lipinski definition) is 6. The highest BCUT2D eigenvalue weighted by Gasteiger charge is 2.32. The maximum atomic E-state index is 14.5. The third kappa shape index (κ3) is 3.51. The van der Waals surface area contributed by atoms with Gasteiger partial charge in [0.2, 0.25) is 5.28 Å². The molecule has 0 amide bonds. The van der Waals surface area contributed by atoms with Crippen LogP contribution in [0.25, 0.3) is 21.6 Å². The summed E-state index contributed by atoms with van der Waals surface area (Å²) in [5.74, 6) is -1.04. The van der Waals surface area contributed by atoms with E-state index in [0.29, 0.717) is 22.4 Å². The van der Waals surface area contributed by atoms with Gasteiger partial charge in [0, 0.05) is 25.8 Å². The van der Waals surface area contributed by atoms with E-state index in [2.05, 4.69) is 15.0 Å². The summed E-state index contributed by atoms with van der Waals surface area (Å²) in [6, 6.07) is 2.31. The van der Waals surface area contributed by atoms with E-state index in [-0.39, 0.29) is 28.3 Å². The summed E-state index contributed by atoms with van der Waals surface area (Å²) in [4.78, 5) is 14.6. The summed E-state index contributed by atoms with van der Waals surface area (Å²) in [7, 11) is 1.64. The molecule has 0 saturated carbocycles. The maximum absolute atomic E-state index is 14.5. The van der Waals surface area contributed by atoms with Gasteiger partial charge in [0.25, 0.3) is 0 Å². The smallest absolute Gasteiger partial charge is 0.380 e. The van der Waals surface area contributed by atoms with Crippen LogP contribution in [-0.2, 0) is 10.9 Å². The van der Waals surface area contributed by atoms with Crippen LogP contribution in [0.1, 0.15) is 12.0 Å². The highest BCUT2D eigenvalue weighted by atomic mass is 35.5. The molecular weight excluding hydrogens is 420 g/mol. The summed E-state index contributed by atoms with van der Waals surface area (Å²) in [5.41, 5.74) is -0.769. The Labute approximate surface area is 165 Å². The first-order valence-electron chi connectivity index (χ1n) is 8.25. The summed E-state index contributed by atoms with van der Waals surface area (Å²) >= 11 is 7.19. The number of anilines is 1. The van der Waals surface area contributed by atoms with Gasteiger partial charge < -0.3 is 9.64 Å². The largest absolute Gasteiger partial charge is 0.416 e. The van der Waals surface area contributed by atoms with Crippen LogP contribution in [0.15, 0.2) is 18.2 Å². The minimum Gasteiger partial charge on any atom is -0.380 e. The third-order valence-electron chi connectivity index (χ3n) is 4.52. The number of ether oxygens (including phenoxy) is 1. The molecular formula is C17H13ClF4N4OS. The molecule has 0 bridgehead atoms. The lowest BCUT2D eigenvalue weighted by molar-refractivity contribution is -0.137. The van der Waals surface area contributed by atoms with Crippen molar-refractivity contribution in [2.45, 2.75) is 18.7 Å². The first kappa shape index (κ1) is 19.3. The Balaban J connectivity index is 1.79. The van der Waals surface area contributed by atoms with E-state index < -0.39 is 17.6 Å². The standard InChI is InChI=1S/C17H13ClF4N4OS/c1-27-9-4-5-26(7-9)16-25-14-13(28-16)12(23-15(18)24-14)10-3-2-8(6-11(10)19)17(20,21)22/h2-3,6,9H,4-5,7H2,1H3/t9-/m0/s1. The topological polar surface area (TPSA) is 51.1 Å². The van der Waals surface area contributed by atoms with Crippen molar-refractivity contribution in [3.05, 3.63) is 34.9 Å². The number of alkyl halides is 3. The Morgan fingerprint density at radius 1 is 1.25 bits per heavy atom. The van der Waals surface area contributed by atoms with Gasteiger partial charge in [-0.25, -0.2) is 9.37 Å². The molecule has 3 heterocycles. The molecule has 1 aromatic carbocycles. The van der Waals surface area contributed by atoms with Gasteiger partial charge in [-0.2, -0.15) is 23.1 Å². The third-order valence-corrected chi connectivity index (χ3v) is 5.80. The molecule has 0 aliphatic carbocycles. The van der Waals surface area contributed by atoms with E-state index in [0.717, 1.165) is 25.1 Å². The van der Waals surface area contributed by atoms with Crippen molar-refractivity contribution in [3.8, 4) is 11.3 Å². The molecule has 1 aliphatic heterocycles. The summed E-state index contributed by atoms with van der Waals surface area (Å²) < 4.78 is 58.7. The predicted octanol–water partition coefficient (Wildman–Crippen LogP) is 4.79. The molecule has 28 heavy (non-hydrogen) atoms. The van der Waals surface area contributed by atoms with Crippen molar-refractivity contribution in [2.75, 3.05) is 25.1 Å². The molecule has 0 spiro atoms. The van der Waals surface area contributed by atoms with E-state index in [1.807, 2.05) is 4.90 Å². The van der Waals surface area contributed by atoms with E-state index >= 15 is 0 Å². The van der Waals surface area contributed by atoms with Crippen molar-refractivity contribution >= 4 is 38.4 Å². The van der Waals surface area contributed by atoms with Crippen LogP contribution in [0.3, 0.4) is 0 Å². The summed E-state index contributed by atoms with van der Waals surface area (Å²) in [6.07, 6.45) is -3.70. The molecule has 5 nitrogen and oxygen atoms in total. The van der Waals surface area contributed by atoms with E-state index in [9.17, 15) is 17.6 Å². The maximum Gasteiger partial charge on any atom is 0.416 e. The highest BCUT2D eigenvalue weighted by molar-refractivity contribution is 7.22. The lowest BCUT2D eigenvalue weighted by Crippen LogP contribution is -2.21. The molecule has 148 valence electrons. The number of benzene rings is 1. The van der Waals surface area contributed by atoms with Crippen LogP contribution in [0.2, 0.25) is 5.28 Å². The zero-order chi connectivity index (χ0) is 20.1. The molecule has 2 aromatic heterocycles. The lowest BCUT2D eigenvalue weighted by Gasteiger charge is -2.13. The summed E-state index contributed by atoms with van der Waals surface area (Å²) in [5, 5.41) is 0.495. The average molecular weight is 433 g/mol. The van der Waals surface area contributed by atoms with Gasteiger partial charge in [0.05, 0.1) is 17.4 Å². The zero-order valence-electron chi connectivity index (χ0n) is 14.4. The second-order valence-corrected chi connectivity index (χ2v) is 7.59. The van der Waals surface area contributed by atoms with Crippen molar-refractivity contribution in [1.82, 2.24) is 15.0 Å². The number of fused-ring (bicyclic) bond motifs is 1. The van der Waals surface area contributed by atoms with Crippen molar-refractivity contribution < 1.29 is 22.3 Å². The molecule has 0 radical (unpaired) electrons. The van der Waals surface area contributed by atoms with Crippen molar-refractivity contribution in [1.29, 1.82) is 0 Å². The fraction of sp³-hybridized carbons (Fsp3) is 0.353. The van der Waals surface area contributed by atoms with Gasteiger partial charge in [-0.15, -0.1) is 0 Å². The zero-order valence-corrected chi connectivity index (χ0v) is 16.0. The number of rotatable bonds is 3. The second-order valence-electron chi connectivity index (χ2n) is 6.28. The molecule has 1 aliphatic rings. The van der Waals surface area contributed by atoms with E-state index in [4.69, 9.17) is 16.3 Å². The Morgan fingerprint density at radius 3 is 2.68 bits per heavy atom. The van der Waals surface area contributed by atoms with Crippen molar-refractivity contribution in [3.63, 3.8) is 0 Å². The Hall–Kier alpha value is -2.04. The van der Waals surface area contributed by atoms with Gasteiger partial charge in [-0.1, -0.05) is 11.3 Å². The van der Waals surface area contributed by atoms with Crippen LogP contribution < -0.4 is 4.90 Å². The SMILES string of the molecule is CO[C@H]1CCN(c2nc3nc(Cl)nc(-c4ccc(C(F)(F)F)cc4F)c3s2)C1. The molecule has 1 atom stereocenters. The number of methoxy groups -OCH3 is 1. The molecule has 0 N–H and O–H groups in total. The molecule has 0 unspecified atom stereocenters. The number of thiazole rings is 1. The fourth-order valence-corrected chi connectivity index (χ4v) is 4.29. The average Bonchev–Trinajstić information content (AvgIpc) is 3.26. The van der Waals surface area contributed by atoms with E-state index in [1.54, 1.807) is 7.11 Å². The molecule has 1 fully saturated rings. The fourth-order valence-electron chi connectivity index (χ4n) is 3.08. The molecule has 4 rings (SSSR count). The van der Waals surface area contributed by atoms with Crippen molar-refractivity contribution in [2.24, 2.45) is 0 Å². The number of hydrogen-bond donors (Lipinski definition) is 0. The number of aromatic nitrogens is 3. The minimum atomic E-state index is -4.64. The quantitative estimate of drug-likeness (QED) is 0.440. The van der Waals surface area contributed by atoms with E-state index in [1.165, 1.54) is 11.3 Å². The first-order chi connectivity index (χ1) is 13.3. The first-order valence-corrected chi connectivity index (χ1v) is 9.44. The normalized spacial score (nSPS) is 17.6.